The maximum Gasteiger partial charge on any atom is 0.319 e. The average Bonchev–Trinajstić information content (AvgIpc) is 2.79. The molecule has 1 saturated heterocycles. The van der Waals surface area contributed by atoms with Crippen molar-refractivity contribution < 1.29 is 23.4 Å². The van der Waals surface area contributed by atoms with Crippen molar-refractivity contribution in [3.8, 4) is 5.75 Å². The fourth-order valence-corrected chi connectivity index (χ4v) is 2.10. The zero-order valence-electron chi connectivity index (χ0n) is 12.9. The van der Waals surface area contributed by atoms with E-state index in [2.05, 4.69) is 10.6 Å². The Balaban J connectivity index is 1.81. The zero-order chi connectivity index (χ0) is 16.2. The molecule has 1 fully saturated rings. The van der Waals surface area contributed by atoms with Gasteiger partial charge in [0.1, 0.15) is 6.10 Å². The van der Waals surface area contributed by atoms with E-state index in [0.717, 1.165) is 0 Å². The second-order valence-corrected chi connectivity index (χ2v) is 5.36. The standard InChI is InChI=1S/C15H21FN2O4/c1-4-20-13-6-5-10(7-12(13)16)18-14(19)17-8-11-9-21-15(2,3)22-11/h5-7,11H,4,8-9H2,1-3H3,(H2,17,18,19). The number of carbonyl (C=O) groups is 1. The molecule has 6 nitrogen and oxygen atoms in total. The molecule has 1 aliphatic rings. The van der Waals surface area contributed by atoms with E-state index in [1.54, 1.807) is 13.0 Å². The first-order chi connectivity index (χ1) is 10.4. The molecule has 2 N–H and O–H groups in total. The third-order valence-electron chi connectivity index (χ3n) is 3.05. The van der Waals surface area contributed by atoms with Crippen LogP contribution in [-0.4, -0.2) is 37.7 Å². The summed E-state index contributed by atoms with van der Waals surface area (Å²) in [5.74, 6) is -0.984. The summed E-state index contributed by atoms with van der Waals surface area (Å²) >= 11 is 0. The Morgan fingerprint density at radius 2 is 2.27 bits per heavy atom. The van der Waals surface area contributed by atoms with Crippen molar-refractivity contribution in [1.82, 2.24) is 5.32 Å². The summed E-state index contributed by atoms with van der Waals surface area (Å²) in [4.78, 5) is 11.8. The Morgan fingerprint density at radius 3 is 2.86 bits per heavy atom. The minimum atomic E-state index is -0.624. The number of rotatable bonds is 5. The minimum Gasteiger partial charge on any atom is -0.491 e. The van der Waals surface area contributed by atoms with Gasteiger partial charge in [0.05, 0.1) is 13.2 Å². The predicted molar refractivity (Wildman–Crippen MR) is 79.5 cm³/mol. The molecule has 1 heterocycles. The van der Waals surface area contributed by atoms with E-state index in [0.29, 0.717) is 25.4 Å². The first-order valence-electron chi connectivity index (χ1n) is 7.18. The normalized spacial score (nSPS) is 19.7. The number of anilines is 1. The lowest BCUT2D eigenvalue weighted by Crippen LogP contribution is -2.37. The van der Waals surface area contributed by atoms with Crippen molar-refractivity contribution in [3.05, 3.63) is 24.0 Å². The van der Waals surface area contributed by atoms with Crippen molar-refractivity contribution in [2.24, 2.45) is 0 Å². The second kappa shape index (κ2) is 6.93. The van der Waals surface area contributed by atoms with Crippen LogP contribution in [0.25, 0.3) is 0 Å². The van der Waals surface area contributed by atoms with Crippen LogP contribution in [-0.2, 0) is 9.47 Å². The van der Waals surface area contributed by atoms with E-state index in [1.807, 2.05) is 13.8 Å². The van der Waals surface area contributed by atoms with E-state index < -0.39 is 17.6 Å². The number of halogens is 1. The lowest BCUT2D eigenvalue weighted by molar-refractivity contribution is -0.137. The summed E-state index contributed by atoms with van der Waals surface area (Å²) in [7, 11) is 0. The zero-order valence-corrected chi connectivity index (χ0v) is 12.9. The van der Waals surface area contributed by atoms with Gasteiger partial charge >= 0.3 is 6.03 Å². The number of hydrogen-bond donors (Lipinski definition) is 2. The van der Waals surface area contributed by atoms with Crippen LogP contribution >= 0.6 is 0 Å². The highest BCUT2D eigenvalue weighted by Gasteiger charge is 2.32. The van der Waals surface area contributed by atoms with Crippen LogP contribution in [0.4, 0.5) is 14.9 Å². The monoisotopic (exact) mass is 312 g/mol. The van der Waals surface area contributed by atoms with Crippen LogP contribution in [0.15, 0.2) is 18.2 Å². The number of ether oxygens (including phenoxy) is 3. The van der Waals surface area contributed by atoms with Crippen LogP contribution in [0.2, 0.25) is 0 Å². The Labute approximate surface area is 128 Å². The maximum absolute atomic E-state index is 13.7. The summed E-state index contributed by atoms with van der Waals surface area (Å²) in [6, 6.07) is 3.83. The summed E-state index contributed by atoms with van der Waals surface area (Å²) in [5.41, 5.74) is 0.349. The molecule has 0 aromatic heterocycles. The van der Waals surface area contributed by atoms with Gasteiger partial charge < -0.3 is 24.8 Å². The highest BCUT2D eigenvalue weighted by atomic mass is 19.1. The molecule has 22 heavy (non-hydrogen) atoms. The highest BCUT2D eigenvalue weighted by Crippen LogP contribution is 2.22. The quantitative estimate of drug-likeness (QED) is 0.876. The van der Waals surface area contributed by atoms with Crippen molar-refractivity contribution in [2.45, 2.75) is 32.7 Å². The summed E-state index contributed by atoms with van der Waals surface area (Å²) in [5, 5.41) is 5.22. The summed E-state index contributed by atoms with van der Waals surface area (Å²) < 4.78 is 29.7. The van der Waals surface area contributed by atoms with E-state index in [4.69, 9.17) is 14.2 Å². The largest absolute Gasteiger partial charge is 0.491 e. The molecule has 122 valence electrons. The SMILES string of the molecule is CCOc1ccc(NC(=O)NCC2COC(C)(C)O2)cc1F. The molecule has 2 rings (SSSR count). The third kappa shape index (κ3) is 4.57. The number of amides is 2. The molecular formula is C15H21FN2O4. The number of urea groups is 1. The van der Waals surface area contributed by atoms with Gasteiger partial charge in [0.15, 0.2) is 17.4 Å². The summed E-state index contributed by atoms with van der Waals surface area (Å²) in [6.07, 6.45) is -0.196. The van der Waals surface area contributed by atoms with Gasteiger partial charge in [0.2, 0.25) is 0 Å². The first kappa shape index (κ1) is 16.5. The number of benzene rings is 1. The van der Waals surface area contributed by atoms with E-state index in [9.17, 15) is 9.18 Å². The van der Waals surface area contributed by atoms with Crippen molar-refractivity contribution in [1.29, 1.82) is 0 Å². The van der Waals surface area contributed by atoms with Gasteiger partial charge in [-0.2, -0.15) is 0 Å². The number of nitrogens with one attached hydrogen (secondary N) is 2. The van der Waals surface area contributed by atoms with Crippen LogP contribution in [0.5, 0.6) is 5.75 Å². The molecule has 0 radical (unpaired) electrons. The second-order valence-electron chi connectivity index (χ2n) is 5.36. The molecule has 0 spiro atoms. The lowest BCUT2D eigenvalue weighted by Gasteiger charge is -2.17. The van der Waals surface area contributed by atoms with Crippen molar-refractivity contribution in [2.75, 3.05) is 25.1 Å². The molecule has 0 aliphatic carbocycles. The molecule has 1 unspecified atom stereocenters. The van der Waals surface area contributed by atoms with Crippen molar-refractivity contribution in [3.63, 3.8) is 0 Å². The highest BCUT2D eigenvalue weighted by molar-refractivity contribution is 5.89. The molecular weight excluding hydrogens is 291 g/mol. The average molecular weight is 312 g/mol. The molecule has 0 saturated carbocycles. The van der Waals surface area contributed by atoms with Crippen LogP contribution < -0.4 is 15.4 Å². The molecule has 1 aromatic rings. The Morgan fingerprint density at radius 1 is 1.50 bits per heavy atom. The van der Waals surface area contributed by atoms with Crippen LogP contribution in [0.3, 0.4) is 0 Å². The molecule has 7 heteroatoms. The molecule has 0 bridgehead atoms. The molecule has 1 aliphatic heterocycles. The molecule has 1 aromatic carbocycles. The Hall–Kier alpha value is -1.86. The lowest BCUT2D eigenvalue weighted by atomic mass is 10.3. The van der Waals surface area contributed by atoms with E-state index in [-0.39, 0.29) is 11.9 Å². The number of carbonyl (C=O) groups excluding carboxylic acids is 1. The topological polar surface area (TPSA) is 68.8 Å². The van der Waals surface area contributed by atoms with Gasteiger partial charge in [-0.05, 0) is 32.9 Å². The Kier molecular flexibility index (Phi) is 5.20. The summed E-state index contributed by atoms with van der Waals surface area (Å²) in [6.45, 7) is 6.52. The maximum atomic E-state index is 13.7. The van der Waals surface area contributed by atoms with Gasteiger partial charge in [-0.1, -0.05) is 0 Å². The van der Waals surface area contributed by atoms with Gasteiger partial charge in [-0.3, -0.25) is 0 Å². The van der Waals surface area contributed by atoms with Gasteiger partial charge in [-0.15, -0.1) is 0 Å². The number of hydrogen-bond acceptors (Lipinski definition) is 4. The molecule has 1 atom stereocenters. The van der Waals surface area contributed by atoms with E-state index in [1.165, 1.54) is 12.1 Å². The van der Waals surface area contributed by atoms with Gasteiger partial charge in [-0.25, -0.2) is 9.18 Å². The third-order valence-corrected chi connectivity index (χ3v) is 3.05. The first-order valence-corrected chi connectivity index (χ1v) is 7.18. The van der Waals surface area contributed by atoms with Crippen LogP contribution in [0, 0.1) is 5.82 Å². The molecule has 2 amide bonds. The van der Waals surface area contributed by atoms with Gasteiger partial charge in [0, 0.05) is 18.3 Å². The van der Waals surface area contributed by atoms with Crippen molar-refractivity contribution >= 4 is 11.7 Å². The smallest absolute Gasteiger partial charge is 0.319 e. The van der Waals surface area contributed by atoms with Crippen LogP contribution in [0.1, 0.15) is 20.8 Å². The van der Waals surface area contributed by atoms with E-state index >= 15 is 0 Å². The minimum absolute atomic E-state index is 0.159. The fourth-order valence-electron chi connectivity index (χ4n) is 2.10. The Bertz CT molecular complexity index is 536. The fraction of sp³-hybridized carbons (Fsp3) is 0.533. The van der Waals surface area contributed by atoms with Gasteiger partial charge in [0.25, 0.3) is 0 Å². The predicted octanol–water partition coefficient (Wildman–Crippen LogP) is 2.50.